The first-order valence-electron chi connectivity index (χ1n) is 3.54. The van der Waals surface area contributed by atoms with Crippen LogP contribution >= 0.6 is 11.6 Å². The van der Waals surface area contributed by atoms with Gasteiger partial charge in [-0.2, -0.15) is 5.10 Å². The molecule has 2 heterocycles. The van der Waals surface area contributed by atoms with E-state index in [0.29, 0.717) is 16.7 Å². The molecule has 0 radical (unpaired) electrons. The molecule has 66 valence electrons. The van der Waals surface area contributed by atoms with Crippen molar-refractivity contribution < 1.29 is 0 Å². The lowest BCUT2D eigenvalue weighted by atomic mass is 10.6. The fourth-order valence-corrected chi connectivity index (χ4v) is 1.07. The highest BCUT2D eigenvalue weighted by Crippen LogP contribution is 2.12. The molecule has 0 bridgehead atoms. The average Bonchev–Trinajstić information content (AvgIpc) is 2.53. The summed E-state index contributed by atoms with van der Waals surface area (Å²) in [5.74, 6) is 0.802. The molecule has 2 aromatic heterocycles. The van der Waals surface area contributed by atoms with Crippen molar-refractivity contribution in [3.63, 3.8) is 0 Å². The highest BCUT2D eigenvalue weighted by atomic mass is 35.5. The van der Waals surface area contributed by atoms with Gasteiger partial charge in [-0.25, -0.2) is 14.6 Å². The minimum Gasteiger partial charge on any atom is -0.381 e. The van der Waals surface area contributed by atoms with E-state index in [1.165, 1.54) is 17.1 Å². The molecule has 5 nitrogen and oxygen atoms in total. The predicted octanol–water partition coefficient (Wildman–Crippen LogP) is 0.898. The fraction of sp³-hybridized carbons (Fsp3) is 0. The molecule has 2 rings (SSSR count). The van der Waals surface area contributed by atoms with E-state index in [2.05, 4.69) is 15.1 Å². The molecule has 2 N–H and O–H groups in total. The van der Waals surface area contributed by atoms with Gasteiger partial charge in [0.2, 0.25) is 0 Å². The molecule has 0 aliphatic carbocycles. The van der Waals surface area contributed by atoms with Crippen LogP contribution in [0.3, 0.4) is 0 Å². The van der Waals surface area contributed by atoms with Crippen LogP contribution < -0.4 is 5.73 Å². The smallest absolute Gasteiger partial charge is 0.196 e. The van der Waals surface area contributed by atoms with Crippen molar-refractivity contribution in [2.24, 2.45) is 0 Å². The first-order chi connectivity index (χ1) is 6.27. The molecular formula is C7H6ClN5. The zero-order chi connectivity index (χ0) is 9.26. The standard InChI is InChI=1S/C7H6ClN5/c8-5-3-12-13(4-5)7-6(9)10-1-2-11-7/h1-4H,(H2,9,10). The largest absolute Gasteiger partial charge is 0.381 e. The third-order valence-corrected chi connectivity index (χ3v) is 1.67. The minimum atomic E-state index is 0.322. The van der Waals surface area contributed by atoms with Gasteiger partial charge in [-0.15, -0.1) is 0 Å². The molecule has 0 aliphatic heterocycles. The number of nitrogens with two attached hydrogens (primary N) is 1. The number of nitrogen functional groups attached to an aromatic ring is 1. The van der Waals surface area contributed by atoms with Gasteiger partial charge in [-0.3, -0.25) is 0 Å². The maximum absolute atomic E-state index is 5.69. The normalized spacial score (nSPS) is 10.2. The second-order valence-corrected chi connectivity index (χ2v) is 2.80. The van der Waals surface area contributed by atoms with Crippen molar-refractivity contribution in [3.8, 4) is 5.82 Å². The summed E-state index contributed by atoms with van der Waals surface area (Å²) in [7, 11) is 0. The van der Waals surface area contributed by atoms with E-state index in [0.717, 1.165) is 0 Å². The summed E-state index contributed by atoms with van der Waals surface area (Å²) in [6.07, 6.45) is 6.18. The third kappa shape index (κ3) is 1.46. The Morgan fingerprint density at radius 1 is 1.31 bits per heavy atom. The zero-order valence-electron chi connectivity index (χ0n) is 6.55. The van der Waals surface area contributed by atoms with E-state index in [1.807, 2.05) is 0 Å². The van der Waals surface area contributed by atoms with E-state index >= 15 is 0 Å². The topological polar surface area (TPSA) is 69.6 Å². The number of hydrogen-bond donors (Lipinski definition) is 1. The fourth-order valence-electron chi connectivity index (χ4n) is 0.935. The molecule has 0 spiro atoms. The number of aromatic nitrogens is 4. The third-order valence-electron chi connectivity index (χ3n) is 1.47. The van der Waals surface area contributed by atoms with E-state index in [1.54, 1.807) is 12.4 Å². The van der Waals surface area contributed by atoms with Crippen LogP contribution in [0.4, 0.5) is 5.82 Å². The summed E-state index contributed by atoms with van der Waals surface area (Å²) in [6.45, 7) is 0. The Bertz CT molecular complexity index is 424. The van der Waals surface area contributed by atoms with Crippen molar-refractivity contribution in [1.29, 1.82) is 0 Å². The first-order valence-corrected chi connectivity index (χ1v) is 3.92. The van der Waals surface area contributed by atoms with Gasteiger partial charge >= 0.3 is 0 Å². The summed E-state index contributed by atoms with van der Waals surface area (Å²) in [5, 5.41) is 4.48. The van der Waals surface area contributed by atoms with Crippen LogP contribution in [0.1, 0.15) is 0 Å². The zero-order valence-corrected chi connectivity index (χ0v) is 7.31. The van der Waals surface area contributed by atoms with Gasteiger partial charge in [0.05, 0.1) is 17.4 Å². The second kappa shape index (κ2) is 3.02. The Balaban J connectivity index is 2.52. The molecule has 0 unspecified atom stereocenters. The molecular weight excluding hydrogens is 190 g/mol. The number of nitrogens with zero attached hydrogens (tertiary/aromatic N) is 4. The molecule has 13 heavy (non-hydrogen) atoms. The van der Waals surface area contributed by atoms with Crippen LogP contribution in [-0.4, -0.2) is 19.7 Å². The highest BCUT2D eigenvalue weighted by molar-refractivity contribution is 6.30. The van der Waals surface area contributed by atoms with Gasteiger partial charge in [0, 0.05) is 12.4 Å². The molecule has 0 atom stereocenters. The summed E-state index contributed by atoms with van der Waals surface area (Å²) < 4.78 is 1.48. The number of anilines is 1. The van der Waals surface area contributed by atoms with Crippen molar-refractivity contribution in [1.82, 2.24) is 19.7 Å². The Morgan fingerprint density at radius 2 is 2.08 bits per heavy atom. The lowest BCUT2D eigenvalue weighted by Gasteiger charge is -2.00. The molecule has 2 aromatic rings. The van der Waals surface area contributed by atoms with E-state index < -0.39 is 0 Å². The second-order valence-electron chi connectivity index (χ2n) is 2.37. The molecule has 6 heteroatoms. The van der Waals surface area contributed by atoms with E-state index in [9.17, 15) is 0 Å². The number of hydrogen-bond acceptors (Lipinski definition) is 4. The van der Waals surface area contributed by atoms with Crippen molar-refractivity contribution >= 4 is 17.4 Å². The Kier molecular flexibility index (Phi) is 1.86. The van der Waals surface area contributed by atoms with Gasteiger partial charge in [-0.1, -0.05) is 11.6 Å². The predicted molar refractivity (Wildman–Crippen MR) is 48.6 cm³/mol. The van der Waals surface area contributed by atoms with E-state index in [4.69, 9.17) is 17.3 Å². The molecule has 0 saturated carbocycles. The van der Waals surface area contributed by atoms with Gasteiger partial charge in [0.25, 0.3) is 0 Å². The SMILES string of the molecule is Nc1nccnc1-n1cc(Cl)cn1. The molecule has 0 aromatic carbocycles. The summed E-state index contributed by atoms with van der Waals surface area (Å²) in [5.41, 5.74) is 5.58. The number of rotatable bonds is 1. The number of halogens is 1. The van der Waals surface area contributed by atoms with Crippen LogP contribution in [0.2, 0.25) is 5.02 Å². The van der Waals surface area contributed by atoms with Crippen molar-refractivity contribution in [3.05, 3.63) is 29.8 Å². The Morgan fingerprint density at radius 3 is 2.69 bits per heavy atom. The molecule has 0 fully saturated rings. The van der Waals surface area contributed by atoms with Crippen LogP contribution in [0, 0.1) is 0 Å². The lowest BCUT2D eigenvalue weighted by molar-refractivity contribution is 0.842. The van der Waals surface area contributed by atoms with E-state index in [-0.39, 0.29) is 0 Å². The Labute approximate surface area is 79.2 Å². The molecule has 0 saturated heterocycles. The van der Waals surface area contributed by atoms with Gasteiger partial charge < -0.3 is 5.73 Å². The minimum absolute atomic E-state index is 0.322. The van der Waals surface area contributed by atoms with Crippen LogP contribution in [0.5, 0.6) is 0 Å². The average molecular weight is 196 g/mol. The van der Waals surface area contributed by atoms with Crippen molar-refractivity contribution in [2.75, 3.05) is 5.73 Å². The summed E-state index contributed by atoms with van der Waals surface area (Å²) in [4.78, 5) is 7.89. The van der Waals surface area contributed by atoms with Gasteiger partial charge in [0.1, 0.15) is 0 Å². The maximum atomic E-state index is 5.69. The van der Waals surface area contributed by atoms with Crippen LogP contribution in [-0.2, 0) is 0 Å². The highest BCUT2D eigenvalue weighted by Gasteiger charge is 2.04. The van der Waals surface area contributed by atoms with Gasteiger partial charge in [0.15, 0.2) is 11.6 Å². The van der Waals surface area contributed by atoms with Crippen molar-refractivity contribution in [2.45, 2.75) is 0 Å². The quantitative estimate of drug-likeness (QED) is 0.734. The summed E-state index contributed by atoms with van der Waals surface area (Å²) >= 11 is 5.69. The maximum Gasteiger partial charge on any atom is 0.196 e. The Hall–Kier alpha value is -1.62. The molecule has 0 amide bonds. The van der Waals surface area contributed by atoms with Gasteiger partial charge in [-0.05, 0) is 0 Å². The molecule has 0 aliphatic rings. The monoisotopic (exact) mass is 195 g/mol. The lowest BCUT2D eigenvalue weighted by Crippen LogP contribution is -2.04. The van der Waals surface area contributed by atoms with Crippen LogP contribution in [0.25, 0.3) is 5.82 Å². The first kappa shape index (κ1) is 8.00. The van der Waals surface area contributed by atoms with Crippen LogP contribution in [0.15, 0.2) is 24.8 Å². The summed E-state index contributed by atoms with van der Waals surface area (Å²) in [6, 6.07) is 0.